The predicted molar refractivity (Wildman–Crippen MR) is 72.5 cm³/mol. The number of ether oxygens (including phenoxy) is 2. The second-order valence-corrected chi connectivity index (χ2v) is 4.09. The number of phenols is 1. The number of nitrogens with two attached hydrogens (primary N) is 1. The van der Waals surface area contributed by atoms with Gasteiger partial charge in [0.15, 0.2) is 0 Å². The Morgan fingerprint density at radius 1 is 1.14 bits per heavy atom. The Morgan fingerprint density at radius 2 is 1.67 bits per heavy atom. The standard InChI is InChI=1S/C13H16N2O6/c1-20-11(17)6-15(7-12(18)21-2)13(19)8-3-4-9(14)10(16)5-8/h3-5,16H,6-7,14H2,1-2H3. The smallest absolute Gasteiger partial charge is 0.325 e. The van der Waals surface area contributed by atoms with Crippen LogP contribution in [0.4, 0.5) is 5.69 Å². The maximum absolute atomic E-state index is 12.3. The van der Waals surface area contributed by atoms with Crippen molar-refractivity contribution in [3.63, 3.8) is 0 Å². The van der Waals surface area contributed by atoms with Crippen LogP contribution in [0, 0.1) is 0 Å². The number of benzene rings is 1. The van der Waals surface area contributed by atoms with Crippen LogP contribution in [0.25, 0.3) is 0 Å². The number of aromatic hydroxyl groups is 1. The number of hydrogen-bond donors (Lipinski definition) is 2. The number of amides is 1. The summed E-state index contributed by atoms with van der Waals surface area (Å²) in [6.07, 6.45) is 0. The van der Waals surface area contributed by atoms with Crippen molar-refractivity contribution < 1.29 is 29.0 Å². The largest absolute Gasteiger partial charge is 0.506 e. The normalized spacial score (nSPS) is 9.81. The minimum absolute atomic E-state index is 0.0782. The zero-order chi connectivity index (χ0) is 16.0. The number of carbonyl (C=O) groups is 3. The lowest BCUT2D eigenvalue weighted by Gasteiger charge is -2.20. The number of hydrogen-bond acceptors (Lipinski definition) is 7. The van der Waals surface area contributed by atoms with Crippen molar-refractivity contribution in [2.45, 2.75) is 0 Å². The van der Waals surface area contributed by atoms with Gasteiger partial charge in [0.2, 0.25) is 0 Å². The third-order valence-corrected chi connectivity index (χ3v) is 2.66. The van der Waals surface area contributed by atoms with E-state index in [-0.39, 0.29) is 17.0 Å². The van der Waals surface area contributed by atoms with Gasteiger partial charge in [-0.1, -0.05) is 0 Å². The van der Waals surface area contributed by atoms with E-state index in [0.29, 0.717) is 0 Å². The van der Waals surface area contributed by atoms with Crippen molar-refractivity contribution >= 4 is 23.5 Å². The van der Waals surface area contributed by atoms with Crippen LogP contribution in [0.1, 0.15) is 10.4 Å². The molecule has 1 rings (SSSR count). The van der Waals surface area contributed by atoms with E-state index in [4.69, 9.17) is 5.73 Å². The van der Waals surface area contributed by atoms with E-state index in [2.05, 4.69) is 9.47 Å². The summed E-state index contributed by atoms with van der Waals surface area (Å²) in [4.78, 5) is 35.8. The van der Waals surface area contributed by atoms with E-state index in [9.17, 15) is 19.5 Å². The molecule has 0 aliphatic heterocycles. The first-order valence-electron chi connectivity index (χ1n) is 5.90. The molecule has 1 amide bonds. The Morgan fingerprint density at radius 3 is 2.10 bits per heavy atom. The van der Waals surface area contributed by atoms with Gasteiger partial charge >= 0.3 is 11.9 Å². The molecule has 0 aromatic heterocycles. The van der Waals surface area contributed by atoms with E-state index in [1.807, 2.05) is 0 Å². The van der Waals surface area contributed by atoms with Gasteiger partial charge in [0.25, 0.3) is 5.91 Å². The Balaban J connectivity index is 2.99. The maximum Gasteiger partial charge on any atom is 0.325 e. The second kappa shape index (κ2) is 7.13. The molecule has 1 aromatic rings. The number of nitrogens with zero attached hydrogens (tertiary/aromatic N) is 1. The number of anilines is 1. The number of phenolic OH excluding ortho intramolecular Hbond substituents is 1. The van der Waals surface area contributed by atoms with Crippen LogP contribution in [-0.2, 0) is 19.1 Å². The first-order valence-corrected chi connectivity index (χ1v) is 5.90. The fourth-order valence-corrected chi connectivity index (χ4v) is 1.50. The number of nitrogen functional groups attached to an aromatic ring is 1. The summed E-state index contributed by atoms with van der Waals surface area (Å²) in [5, 5.41) is 9.51. The highest BCUT2D eigenvalue weighted by molar-refractivity contribution is 5.98. The van der Waals surface area contributed by atoms with Crippen molar-refractivity contribution in [2.75, 3.05) is 33.0 Å². The lowest BCUT2D eigenvalue weighted by atomic mass is 10.1. The first-order chi connectivity index (χ1) is 9.88. The molecule has 0 saturated heterocycles. The molecular formula is C13H16N2O6. The van der Waals surface area contributed by atoms with E-state index in [0.717, 1.165) is 25.2 Å². The van der Waals surface area contributed by atoms with Crippen molar-refractivity contribution in [3.05, 3.63) is 23.8 Å². The van der Waals surface area contributed by atoms with Crippen molar-refractivity contribution in [1.82, 2.24) is 4.90 Å². The van der Waals surface area contributed by atoms with Gasteiger partial charge in [0.1, 0.15) is 18.8 Å². The molecule has 0 fully saturated rings. The van der Waals surface area contributed by atoms with Crippen molar-refractivity contribution in [2.24, 2.45) is 0 Å². The molecule has 0 heterocycles. The number of methoxy groups -OCH3 is 2. The van der Waals surface area contributed by atoms with Gasteiger partial charge in [0.05, 0.1) is 19.9 Å². The molecule has 0 radical (unpaired) electrons. The van der Waals surface area contributed by atoms with Crippen LogP contribution in [0.5, 0.6) is 5.75 Å². The molecule has 114 valence electrons. The number of rotatable bonds is 5. The Hall–Kier alpha value is -2.77. The quantitative estimate of drug-likeness (QED) is 0.437. The van der Waals surface area contributed by atoms with Gasteiger partial charge < -0.3 is 25.2 Å². The van der Waals surface area contributed by atoms with Gasteiger partial charge in [-0.2, -0.15) is 0 Å². The Kier molecular flexibility index (Phi) is 5.53. The van der Waals surface area contributed by atoms with E-state index in [1.54, 1.807) is 0 Å². The average Bonchev–Trinajstić information content (AvgIpc) is 2.48. The summed E-state index contributed by atoms with van der Waals surface area (Å²) >= 11 is 0. The highest BCUT2D eigenvalue weighted by Gasteiger charge is 2.22. The summed E-state index contributed by atoms with van der Waals surface area (Å²) < 4.78 is 8.94. The third-order valence-electron chi connectivity index (χ3n) is 2.66. The topological polar surface area (TPSA) is 119 Å². The summed E-state index contributed by atoms with van der Waals surface area (Å²) in [7, 11) is 2.33. The van der Waals surface area contributed by atoms with Crippen molar-refractivity contribution in [3.8, 4) is 5.75 Å². The highest BCUT2D eigenvalue weighted by atomic mass is 16.5. The fourth-order valence-electron chi connectivity index (χ4n) is 1.50. The molecule has 0 aliphatic carbocycles. The summed E-state index contributed by atoms with van der Waals surface area (Å²) in [5.41, 5.74) is 5.63. The molecule has 21 heavy (non-hydrogen) atoms. The van der Waals surface area contributed by atoms with E-state index >= 15 is 0 Å². The molecule has 0 spiro atoms. The van der Waals surface area contributed by atoms with Crippen LogP contribution >= 0.6 is 0 Å². The molecule has 1 aromatic carbocycles. The van der Waals surface area contributed by atoms with Crippen LogP contribution < -0.4 is 5.73 Å². The lowest BCUT2D eigenvalue weighted by Crippen LogP contribution is -2.40. The molecule has 0 aliphatic rings. The molecule has 0 atom stereocenters. The molecule has 0 bridgehead atoms. The molecule has 0 unspecified atom stereocenters. The van der Waals surface area contributed by atoms with Gasteiger partial charge in [-0.05, 0) is 18.2 Å². The molecule has 8 nitrogen and oxygen atoms in total. The Labute approximate surface area is 121 Å². The third kappa shape index (κ3) is 4.37. The lowest BCUT2D eigenvalue weighted by molar-refractivity contribution is -0.144. The fraction of sp³-hybridized carbons (Fsp3) is 0.308. The van der Waals surface area contributed by atoms with E-state index < -0.39 is 30.9 Å². The summed E-state index contributed by atoms with van der Waals surface area (Å²) in [6.45, 7) is -0.842. The minimum Gasteiger partial charge on any atom is -0.506 e. The van der Waals surface area contributed by atoms with Gasteiger partial charge in [-0.3, -0.25) is 14.4 Å². The van der Waals surface area contributed by atoms with E-state index in [1.165, 1.54) is 12.1 Å². The zero-order valence-corrected chi connectivity index (χ0v) is 11.7. The van der Waals surface area contributed by atoms with Crippen molar-refractivity contribution in [1.29, 1.82) is 0 Å². The highest BCUT2D eigenvalue weighted by Crippen LogP contribution is 2.21. The monoisotopic (exact) mass is 296 g/mol. The zero-order valence-electron chi connectivity index (χ0n) is 11.7. The van der Waals surface area contributed by atoms with Crippen LogP contribution in [0.2, 0.25) is 0 Å². The Bertz CT molecular complexity index is 540. The van der Waals surface area contributed by atoms with Crippen LogP contribution in [-0.4, -0.2) is 55.2 Å². The summed E-state index contributed by atoms with van der Waals surface area (Å²) in [6, 6.07) is 3.87. The SMILES string of the molecule is COC(=O)CN(CC(=O)OC)C(=O)c1ccc(N)c(O)c1. The molecule has 3 N–H and O–H groups in total. The van der Waals surface area contributed by atoms with Gasteiger partial charge in [-0.15, -0.1) is 0 Å². The molecule has 0 saturated carbocycles. The van der Waals surface area contributed by atoms with Gasteiger partial charge in [-0.25, -0.2) is 0 Å². The van der Waals surface area contributed by atoms with Crippen LogP contribution in [0.15, 0.2) is 18.2 Å². The maximum atomic E-state index is 12.3. The average molecular weight is 296 g/mol. The predicted octanol–water partition coefficient (Wildman–Crippen LogP) is -0.237. The summed E-state index contributed by atoms with van der Waals surface area (Å²) in [5.74, 6) is -2.28. The number of esters is 2. The van der Waals surface area contributed by atoms with Crippen LogP contribution in [0.3, 0.4) is 0 Å². The minimum atomic E-state index is -0.688. The second-order valence-electron chi connectivity index (χ2n) is 4.09. The first kappa shape index (κ1) is 16.3. The molecule has 8 heteroatoms. The van der Waals surface area contributed by atoms with Gasteiger partial charge in [0, 0.05) is 5.56 Å². The number of carbonyl (C=O) groups excluding carboxylic acids is 3. The molecular weight excluding hydrogens is 280 g/mol.